The number of nitrogens with two attached hydrogens (primary N) is 1. The van der Waals surface area contributed by atoms with Gasteiger partial charge in [0.25, 0.3) is 0 Å². The number of nitrogen functional groups attached to an aromatic ring is 1. The molecule has 0 saturated heterocycles. The van der Waals surface area contributed by atoms with E-state index in [9.17, 15) is 0 Å². The monoisotopic (exact) mass is 321 g/mol. The lowest BCUT2D eigenvalue weighted by Gasteiger charge is -2.10. The van der Waals surface area contributed by atoms with Gasteiger partial charge in [0, 0.05) is 11.1 Å². The molecule has 1 aromatic heterocycles. The Labute approximate surface area is 131 Å². The summed E-state index contributed by atoms with van der Waals surface area (Å²) in [6, 6.07) is 8.88. The Hall–Kier alpha value is -1.91. The van der Waals surface area contributed by atoms with Crippen LogP contribution in [0.25, 0.3) is 10.9 Å². The van der Waals surface area contributed by atoms with Crippen molar-refractivity contribution in [3.05, 3.63) is 46.1 Å². The highest BCUT2D eigenvalue weighted by Crippen LogP contribution is 2.38. The third-order valence-electron chi connectivity index (χ3n) is 3.19. The van der Waals surface area contributed by atoms with Crippen LogP contribution in [-0.2, 0) is 6.42 Å². The first-order chi connectivity index (χ1) is 10.1. The zero-order valence-electron chi connectivity index (χ0n) is 11.3. The summed E-state index contributed by atoms with van der Waals surface area (Å²) in [5.41, 5.74) is 8.14. The number of fused-ring (bicyclic) bond motifs is 1. The van der Waals surface area contributed by atoms with Gasteiger partial charge in [0.05, 0.1) is 21.3 Å². The van der Waals surface area contributed by atoms with Gasteiger partial charge in [0.1, 0.15) is 5.75 Å². The van der Waals surface area contributed by atoms with Gasteiger partial charge in [-0.1, -0.05) is 30.1 Å². The number of ether oxygens (including phenoxy) is 1. The second-order valence-corrected chi connectivity index (χ2v) is 5.46. The number of hydrogen-bond acceptors (Lipinski definition) is 3. The second kappa shape index (κ2) is 5.47. The molecule has 1 heterocycles. The van der Waals surface area contributed by atoms with Crippen molar-refractivity contribution < 1.29 is 4.74 Å². The summed E-state index contributed by atoms with van der Waals surface area (Å²) >= 11 is 12.3. The third-order valence-corrected chi connectivity index (χ3v) is 3.75. The van der Waals surface area contributed by atoms with E-state index in [0.29, 0.717) is 27.2 Å². The number of hydrogen-bond donors (Lipinski definition) is 2. The maximum atomic E-state index is 6.13. The molecular weight excluding hydrogens is 309 g/mol. The van der Waals surface area contributed by atoms with Gasteiger partial charge in [-0.15, -0.1) is 0 Å². The standard InChI is InChI=1S/C15H13Cl2N3O/c1-2-13-10-7-9(3-4-14(10)20-19-13)21-15-11(16)5-8(18)6-12(15)17/h3-7H,2,18H2,1H3,(H,19,20). The number of aromatic amines is 1. The number of aryl methyl sites for hydroxylation is 1. The molecule has 2 aromatic carbocycles. The zero-order valence-corrected chi connectivity index (χ0v) is 12.8. The summed E-state index contributed by atoms with van der Waals surface area (Å²) in [4.78, 5) is 0. The normalized spacial score (nSPS) is 11.0. The molecule has 0 amide bonds. The van der Waals surface area contributed by atoms with Crippen molar-refractivity contribution in [2.75, 3.05) is 5.73 Å². The van der Waals surface area contributed by atoms with E-state index in [2.05, 4.69) is 17.1 Å². The van der Waals surface area contributed by atoms with Crippen LogP contribution >= 0.6 is 23.2 Å². The van der Waals surface area contributed by atoms with Gasteiger partial charge in [0.15, 0.2) is 5.75 Å². The molecule has 0 aliphatic carbocycles. The molecule has 108 valence electrons. The van der Waals surface area contributed by atoms with Crippen molar-refractivity contribution in [3.8, 4) is 11.5 Å². The molecular formula is C15H13Cl2N3O. The Balaban J connectivity index is 2.02. The van der Waals surface area contributed by atoms with Crippen LogP contribution < -0.4 is 10.5 Å². The van der Waals surface area contributed by atoms with E-state index in [1.54, 1.807) is 12.1 Å². The Morgan fingerprint density at radius 2 is 1.90 bits per heavy atom. The maximum absolute atomic E-state index is 6.13. The molecule has 4 nitrogen and oxygen atoms in total. The Morgan fingerprint density at radius 3 is 2.57 bits per heavy atom. The van der Waals surface area contributed by atoms with Gasteiger partial charge in [-0.3, -0.25) is 5.10 Å². The van der Waals surface area contributed by atoms with Crippen LogP contribution in [0.2, 0.25) is 10.0 Å². The molecule has 0 radical (unpaired) electrons. The first-order valence-corrected chi connectivity index (χ1v) is 7.23. The molecule has 0 saturated carbocycles. The molecule has 3 rings (SSSR count). The van der Waals surface area contributed by atoms with Crippen LogP contribution in [0.15, 0.2) is 30.3 Å². The Kier molecular flexibility index (Phi) is 3.66. The highest BCUT2D eigenvalue weighted by Gasteiger charge is 2.11. The van der Waals surface area contributed by atoms with Gasteiger partial charge >= 0.3 is 0 Å². The van der Waals surface area contributed by atoms with Crippen molar-refractivity contribution in [1.82, 2.24) is 10.2 Å². The summed E-state index contributed by atoms with van der Waals surface area (Å²) in [5, 5.41) is 9.03. The third kappa shape index (κ3) is 2.64. The Bertz CT molecular complexity index is 791. The molecule has 0 aliphatic rings. The van der Waals surface area contributed by atoms with Crippen LogP contribution in [0, 0.1) is 0 Å². The van der Waals surface area contributed by atoms with Crippen LogP contribution in [0.4, 0.5) is 5.69 Å². The van der Waals surface area contributed by atoms with E-state index in [1.165, 1.54) is 0 Å². The zero-order chi connectivity index (χ0) is 15.0. The first kappa shape index (κ1) is 14.0. The van der Waals surface area contributed by atoms with Crippen molar-refractivity contribution in [2.45, 2.75) is 13.3 Å². The highest BCUT2D eigenvalue weighted by molar-refractivity contribution is 6.37. The number of anilines is 1. The van der Waals surface area contributed by atoms with Gasteiger partial charge < -0.3 is 10.5 Å². The van der Waals surface area contributed by atoms with Gasteiger partial charge in [-0.25, -0.2) is 0 Å². The minimum absolute atomic E-state index is 0.378. The molecule has 0 spiro atoms. The number of benzene rings is 2. The molecule has 0 unspecified atom stereocenters. The second-order valence-electron chi connectivity index (χ2n) is 4.65. The molecule has 6 heteroatoms. The van der Waals surface area contributed by atoms with Crippen LogP contribution in [0.5, 0.6) is 11.5 Å². The number of H-pyrrole nitrogens is 1. The first-order valence-electron chi connectivity index (χ1n) is 6.48. The maximum Gasteiger partial charge on any atom is 0.164 e. The van der Waals surface area contributed by atoms with Crippen molar-refractivity contribution in [1.29, 1.82) is 0 Å². The molecule has 21 heavy (non-hydrogen) atoms. The van der Waals surface area contributed by atoms with Crippen molar-refractivity contribution in [2.24, 2.45) is 0 Å². The molecule has 3 N–H and O–H groups in total. The highest BCUT2D eigenvalue weighted by atomic mass is 35.5. The van der Waals surface area contributed by atoms with E-state index in [-0.39, 0.29) is 0 Å². The molecule has 0 aliphatic heterocycles. The predicted molar refractivity (Wildman–Crippen MR) is 86.4 cm³/mol. The lowest BCUT2D eigenvalue weighted by atomic mass is 10.2. The fraction of sp³-hybridized carbons (Fsp3) is 0.133. The average Bonchev–Trinajstić information content (AvgIpc) is 2.85. The topological polar surface area (TPSA) is 63.9 Å². The molecule has 0 atom stereocenters. The summed E-state index contributed by atoms with van der Waals surface area (Å²) in [5.74, 6) is 1.04. The smallest absolute Gasteiger partial charge is 0.164 e. The van der Waals surface area contributed by atoms with Crippen LogP contribution in [-0.4, -0.2) is 10.2 Å². The van der Waals surface area contributed by atoms with Gasteiger partial charge in [-0.2, -0.15) is 5.10 Å². The summed E-state index contributed by atoms with van der Waals surface area (Å²) < 4.78 is 5.81. The summed E-state index contributed by atoms with van der Waals surface area (Å²) in [6.45, 7) is 2.05. The molecule has 0 bridgehead atoms. The number of nitrogens with zero attached hydrogens (tertiary/aromatic N) is 1. The fourth-order valence-corrected chi connectivity index (χ4v) is 2.76. The number of aromatic nitrogens is 2. The average molecular weight is 322 g/mol. The van der Waals surface area contributed by atoms with Crippen LogP contribution in [0.3, 0.4) is 0 Å². The van der Waals surface area contributed by atoms with E-state index in [0.717, 1.165) is 23.0 Å². The lowest BCUT2D eigenvalue weighted by molar-refractivity contribution is 0.484. The van der Waals surface area contributed by atoms with Crippen LogP contribution in [0.1, 0.15) is 12.6 Å². The van der Waals surface area contributed by atoms with Gasteiger partial charge in [0.2, 0.25) is 0 Å². The van der Waals surface area contributed by atoms with Gasteiger partial charge in [-0.05, 0) is 36.8 Å². The van der Waals surface area contributed by atoms with Crippen molar-refractivity contribution in [3.63, 3.8) is 0 Å². The van der Waals surface area contributed by atoms with E-state index >= 15 is 0 Å². The van der Waals surface area contributed by atoms with E-state index in [4.69, 9.17) is 33.7 Å². The largest absolute Gasteiger partial charge is 0.454 e. The van der Waals surface area contributed by atoms with Crippen molar-refractivity contribution >= 4 is 39.8 Å². The summed E-state index contributed by atoms with van der Waals surface area (Å²) in [7, 11) is 0. The number of nitrogens with one attached hydrogen (secondary N) is 1. The number of rotatable bonds is 3. The quantitative estimate of drug-likeness (QED) is 0.680. The SMILES string of the molecule is CCc1n[nH]c2ccc(Oc3c(Cl)cc(N)cc3Cl)cc12. The minimum Gasteiger partial charge on any atom is -0.454 e. The minimum atomic E-state index is 0.378. The predicted octanol–water partition coefficient (Wildman–Crippen LogP) is 4.81. The fourth-order valence-electron chi connectivity index (χ4n) is 2.18. The number of halogens is 2. The lowest BCUT2D eigenvalue weighted by Crippen LogP contribution is -1.90. The molecule has 3 aromatic rings. The van der Waals surface area contributed by atoms with E-state index < -0.39 is 0 Å². The Morgan fingerprint density at radius 1 is 1.19 bits per heavy atom. The van der Waals surface area contributed by atoms with E-state index in [1.807, 2.05) is 18.2 Å². The summed E-state index contributed by atoms with van der Waals surface area (Å²) in [6.07, 6.45) is 0.840. The molecule has 0 fully saturated rings.